The van der Waals surface area contributed by atoms with Crippen LogP contribution in [0.25, 0.3) is 22.6 Å². The number of aromatic nitrogens is 4. The van der Waals surface area contributed by atoms with E-state index < -0.39 is 11.8 Å². The Labute approximate surface area is 165 Å². The fraction of sp³-hybridized carbons (Fsp3) is 0.100. The molecule has 9 heteroatoms. The van der Waals surface area contributed by atoms with Crippen molar-refractivity contribution in [3.63, 3.8) is 0 Å². The van der Waals surface area contributed by atoms with E-state index in [2.05, 4.69) is 25.6 Å². The summed E-state index contributed by atoms with van der Waals surface area (Å²) in [4.78, 5) is 25.3. The van der Waals surface area contributed by atoms with Crippen LogP contribution in [0, 0.1) is 5.82 Å². The van der Waals surface area contributed by atoms with Crippen molar-refractivity contribution in [1.29, 1.82) is 0 Å². The number of ether oxygens (including phenoxy) is 1. The van der Waals surface area contributed by atoms with Crippen molar-refractivity contribution in [3.05, 3.63) is 60.7 Å². The summed E-state index contributed by atoms with van der Waals surface area (Å²) >= 11 is 0. The van der Waals surface area contributed by atoms with E-state index in [0.29, 0.717) is 17.0 Å². The fourth-order valence-corrected chi connectivity index (χ4v) is 2.91. The van der Waals surface area contributed by atoms with Gasteiger partial charge in [-0.25, -0.2) is 24.1 Å². The number of nitrogens with zero attached hydrogens (tertiary/aromatic N) is 4. The first kappa shape index (κ1) is 18.4. The van der Waals surface area contributed by atoms with Gasteiger partial charge in [0.1, 0.15) is 23.7 Å². The lowest BCUT2D eigenvalue weighted by atomic mass is 10.2. The molecule has 8 nitrogen and oxygen atoms in total. The number of imidazole rings is 1. The molecule has 146 valence electrons. The quantitative estimate of drug-likeness (QED) is 0.551. The highest BCUT2D eigenvalue weighted by molar-refractivity contribution is 6.03. The highest BCUT2D eigenvalue weighted by Gasteiger charge is 2.17. The molecule has 0 saturated carbocycles. The smallest absolute Gasteiger partial charge is 0.324 e. The monoisotopic (exact) mass is 392 g/mol. The Balaban J connectivity index is 1.65. The highest BCUT2D eigenvalue weighted by Crippen LogP contribution is 2.27. The van der Waals surface area contributed by atoms with E-state index in [4.69, 9.17) is 4.74 Å². The molecule has 0 spiro atoms. The van der Waals surface area contributed by atoms with Gasteiger partial charge in [-0.2, -0.15) is 0 Å². The van der Waals surface area contributed by atoms with Gasteiger partial charge in [0.05, 0.1) is 12.8 Å². The van der Waals surface area contributed by atoms with Gasteiger partial charge in [-0.15, -0.1) is 0 Å². The molecular weight excluding hydrogens is 375 g/mol. The molecule has 2 aromatic carbocycles. The molecule has 0 aliphatic rings. The number of carbonyl (C=O) groups is 1. The van der Waals surface area contributed by atoms with Gasteiger partial charge in [-0.3, -0.25) is 5.32 Å². The molecule has 0 unspecified atom stereocenters. The Hall–Kier alpha value is -4.01. The Morgan fingerprint density at radius 3 is 2.55 bits per heavy atom. The van der Waals surface area contributed by atoms with Crippen molar-refractivity contribution < 1.29 is 13.9 Å². The Morgan fingerprint density at radius 2 is 1.83 bits per heavy atom. The number of carbonyl (C=O) groups excluding carboxylic acids is 1. The van der Waals surface area contributed by atoms with Crippen LogP contribution in [0.2, 0.25) is 0 Å². The Bertz CT molecular complexity index is 1190. The van der Waals surface area contributed by atoms with Gasteiger partial charge in [0.2, 0.25) is 0 Å². The molecule has 2 aromatic heterocycles. The second-order valence-electron chi connectivity index (χ2n) is 6.18. The third-order valence-electron chi connectivity index (χ3n) is 4.36. The molecular formula is C20H17FN6O2. The normalized spacial score (nSPS) is 10.7. The van der Waals surface area contributed by atoms with Crippen LogP contribution in [-0.2, 0) is 7.05 Å². The van der Waals surface area contributed by atoms with Gasteiger partial charge in [0, 0.05) is 12.6 Å². The molecule has 0 bridgehead atoms. The number of anilines is 2. The van der Waals surface area contributed by atoms with Gasteiger partial charge in [-0.05, 0) is 36.4 Å². The molecule has 2 heterocycles. The molecule has 0 aliphatic heterocycles. The van der Waals surface area contributed by atoms with E-state index in [9.17, 15) is 9.18 Å². The number of amides is 2. The Kier molecular flexibility index (Phi) is 4.78. The Morgan fingerprint density at radius 1 is 1.07 bits per heavy atom. The molecule has 0 saturated heterocycles. The number of methoxy groups -OCH3 is 1. The lowest BCUT2D eigenvalue weighted by Gasteiger charge is -2.07. The molecule has 2 N–H and O–H groups in total. The van der Waals surface area contributed by atoms with Gasteiger partial charge < -0.3 is 14.6 Å². The zero-order chi connectivity index (χ0) is 20.4. The summed E-state index contributed by atoms with van der Waals surface area (Å²) in [6.45, 7) is 0. The standard InChI is InChI=1S/C20H17FN6O2/c1-27-18(12-7-9-13(29-2)10-8-12)25-16-17(22-11-23-19(16)27)26-20(28)24-15-6-4-3-5-14(15)21/h3-11H,1-2H3,(H2,22,23,24,26,28). The summed E-state index contributed by atoms with van der Waals surface area (Å²) < 4.78 is 20.7. The van der Waals surface area contributed by atoms with Crippen molar-refractivity contribution in [1.82, 2.24) is 19.5 Å². The molecule has 4 aromatic rings. The van der Waals surface area contributed by atoms with Crippen LogP contribution in [-0.4, -0.2) is 32.7 Å². The maximum Gasteiger partial charge on any atom is 0.324 e. The lowest BCUT2D eigenvalue weighted by Crippen LogP contribution is -2.21. The minimum absolute atomic E-state index is 0.0650. The number of fused-ring (bicyclic) bond motifs is 1. The third kappa shape index (κ3) is 3.57. The summed E-state index contributed by atoms with van der Waals surface area (Å²) in [5.41, 5.74) is 1.89. The predicted molar refractivity (Wildman–Crippen MR) is 107 cm³/mol. The summed E-state index contributed by atoms with van der Waals surface area (Å²) in [6, 6.07) is 12.7. The van der Waals surface area contributed by atoms with Crippen molar-refractivity contribution in [2.45, 2.75) is 0 Å². The topological polar surface area (TPSA) is 94.0 Å². The largest absolute Gasteiger partial charge is 0.497 e. The van der Waals surface area contributed by atoms with E-state index >= 15 is 0 Å². The van der Waals surface area contributed by atoms with E-state index in [1.165, 1.54) is 18.5 Å². The van der Waals surface area contributed by atoms with Crippen LogP contribution in [0.4, 0.5) is 20.7 Å². The number of para-hydroxylation sites is 1. The zero-order valence-electron chi connectivity index (χ0n) is 15.7. The van der Waals surface area contributed by atoms with Crippen LogP contribution in [0.5, 0.6) is 5.75 Å². The summed E-state index contributed by atoms with van der Waals surface area (Å²) in [7, 11) is 3.43. The van der Waals surface area contributed by atoms with Gasteiger partial charge >= 0.3 is 6.03 Å². The number of halogens is 1. The summed E-state index contributed by atoms with van der Waals surface area (Å²) in [5.74, 6) is 1.08. The first-order valence-corrected chi connectivity index (χ1v) is 8.71. The highest BCUT2D eigenvalue weighted by atomic mass is 19.1. The summed E-state index contributed by atoms with van der Waals surface area (Å²) in [5, 5.41) is 5.06. The maximum absolute atomic E-state index is 13.7. The number of benzene rings is 2. The fourth-order valence-electron chi connectivity index (χ4n) is 2.91. The van der Waals surface area contributed by atoms with Crippen LogP contribution in [0.15, 0.2) is 54.9 Å². The zero-order valence-corrected chi connectivity index (χ0v) is 15.7. The van der Waals surface area contributed by atoms with Gasteiger partial charge in [0.25, 0.3) is 0 Å². The second kappa shape index (κ2) is 7.55. The molecule has 0 radical (unpaired) electrons. The van der Waals surface area contributed by atoms with Crippen LogP contribution < -0.4 is 15.4 Å². The number of rotatable bonds is 4. The molecule has 0 aliphatic carbocycles. The predicted octanol–water partition coefficient (Wildman–Crippen LogP) is 3.82. The van der Waals surface area contributed by atoms with Crippen LogP contribution in [0.1, 0.15) is 0 Å². The number of hydrogen-bond acceptors (Lipinski definition) is 5. The maximum atomic E-state index is 13.7. The first-order chi connectivity index (χ1) is 14.1. The number of aryl methyl sites for hydroxylation is 1. The third-order valence-corrected chi connectivity index (χ3v) is 4.36. The van der Waals surface area contributed by atoms with Crippen molar-refractivity contribution >= 4 is 28.7 Å². The second-order valence-corrected chi connectivity index (χ2v) is 6.18. The van der Waals surface area contributed by atoms with E-state index in [0.717, 1.165) is 11.3 Å². The average molecular weight is 392 g/mol. The van der Waals surface area contributed by atoms with Gasteiger partial charge in [0.15, 0.2) is 17.0 Å². The van der Waals surface area contributed by atoms with Crippen molar-refractivity contribution in [2.75, 3.05) is 17.7 Å². The van der Waals surface area contributed by atoms with Gasteiger partial charge in [-0.1, -0.05) is 12.1 Å². The molecule has 29 heavy (non-hydrogen) atoms. The number of urea groups is 1. The minimum atomic E-state index is -0.633. The molecule has 0 atom stereocenters. The van der Waals surface area contributed by atoms with E-state index in [-0.39, 0.29) is 11.5 Å². The van der Waals surface area contributed by atoms with Crippen LogP contribution >= 0.6 is 0 Å². The first-order valence-electron chi connectivity index (χ1n) is 8.71. The van der Waals surface area contributed by atoms with Crippen LogP contribution in [0.3, 0.4) is 0 Å². The van der Waals surface area contributed by atoms with E-state index in [1.807, 2.05) is 31.3 Å². The minimum Gasteiger partial charge on any atom is -0.497 e. The molecule has 0 fully saturated rings. The lowest BCUT2D eigenvalue weighted by molar-refractivity contribution is 0.262. The summed E-state index contributed by atoms with van der Waals surface area (Å²) in [6.07, 6.45) is 1.33. The van der Waals surface area contributed by atoms with E-state index in [1.54, 1.807) is 23.8 Å². The molecule has 4 rings (SSSR count). The number of hydrogen-bond donors (Lipinski definition) is 2. The molecule has 2 amide bonds. The number of nitrogens with one attached hydrogen (secondary N) is 2. The van der Waals surface area contributed by atoms with Crippen molar-refractivity contribution in [3.8, 4) is 17.1 Å². The SMILES string of the molecule is COc1ccc(-c2nc3c(NC(=O)Nc4ccccc4F)ncnc3n2C)cc1. The van der Waals surface area contributed by atoms with Crippen molar-refractivity contribution in [2.24, 2.45) is 7.05 Å². The average Bonchev–Trinajstić information content (AvgIpc) is 3.07.